The summed E-state index contributed by atoms with van der Waals surface area (Å²) in [6.07, 6.45) is 5.88. The van der Waals surface area contributed by atoms with Crippen LogP contribution in [0.5, 0.6) is 0 Å². The number of halogens is 3. The maximum atomic E-state index is 12.7. The molecule has 0 aromatic heterocycles. The number of amides is 1. The standard InChI is InChI=1S/C23H29F3N2O2/c1-30-21-10-6-17(7-11-21)14-20(16-28-12-2-3-13-28)27-22(29)15-18-4-8-19(9-5-18)23(24,25)26/h4-6,8-11,17,20H,2-3,7,12-16H2,1H3,(H,27,29)/t17?,20-/m0/s1. The van der Waals surface area contributed by atoms with Gasteiger partial charge in [0.25, 0.3) is 0 Å². The van der Waals surface area contributed by atoms with E-state index in [1.54, 1.807) is 7.11 Å². The fourth-order valence-electron chi connectivity index (χ4n) is 4.07. The van der Waals surface area contributed by atoms with Crippen LogP contribution in [0.3, 0.4) is 0 Å². The van der Waals surface area contributed by atoms with Crippen molar-refractivity contribution < 1.29 is 22.7 Å². The number of hydrogen-bond donors (Lipinski definition) is 1. The van der Waals surface area contributed by atoms with Crippen LogP contribution in [0.15, 0.2) is 48.3 Å². The van der Waals surface area contributed by atoms with Crippen molar-refractivity contribution in [2.45, 2.75) is 44.3 Å². The number of hydrogen-bond acceptors (Lipinski definition) is 3. The second-order valence-corrected chi connectivity index (χ2v) is 8.04. The predicted molar refractivity (Wildman–Crippen MR) is 110 cm³/mol. The van der Waals surface area contributed by atoms with Gasteiger partial charge >= 0.3 is 6.18 Å². The lowest BCUT2D eigenvalue weighted by atomic mass is 9.92. The molecule has 1 heterocycles. The molecule has 1 aliphatic carbocycles. The van der Waals surface area contributed by atoms with E-state index in [9.17, 15) is 18.0 Å². The highest BCUT2D eigenvalue weighted by Gasteiger charge is 2.30. The van der Waals surface area contributed by atoms with Gasteiger partial charge in [0.2, 0.25) is 5.91 Å². The number of carbonyl (C=O) groups excluding carboxylic acids is 1. The van der Waals surface area contributed by atoms with E-state index in [-0.39, 0.29) is 18.4 Å². The lowest BCUT2D eigenvalue weighted by Gasteiger charge is -2.27. The second kappa shape index (κ2) is 10.2. The van der Waals surface area contributed by atoms with Gasteiger partial charge in [-0.25, -0.2) is 0 Å². The monoisotopic (exact) mass is 422 g/mol. The van der Waals surface area contributed by atoms with Crippen molar-refractivity contribution in [3.05, 3.63) is 59.4 Å². The van der Waals surface area contributed by atoms with E-state index in [4.69, 9.17) is 4.74 Å². The van der Waals surface area contributed by atoms with Crippen molar-refractivity contribution in [2.75, 3.05) is 26.7 Å². The quantitative estimate of drug-likeness (QED) is 0.678. The van der Waals surface area contributed by atoms with Gasteiger partial charge in [-0.05, 0) is 74.5 Å². The number of nitrogens with one attached hydrogen (secondary N) is 1. The Labute approximate surface area is 175 Å². The van der Waals surface area contributed by atoms with E-state index in [0.29, 0.717) is 11.5 Å². The topological polar surface area (TPSA) is 41.6 Å². The van der Waals surface area contributed by atoms with Crippen LogP contribution in [0, 0.1) is 5.92 Å². The number of benzene rings is 1. The summed E-state index contributed by atoms with van der Waals surface area (Å²) in [5.41, 5.74) is -0.128. The molecule has 1 N–H and O–H groups in total. The highest BCUT2D eigenvalue weighted by atomic mass is 19.4. The van der Waals surface area contributed by atoms with Crippen LogP contribution < -0.4 is 5.32 Å². The lowest BCUT2D eigenvalue weighted by molar-refractivity contribution is -0.137. The second-order valence-electron chi connectivity index (χ2n) is 8.04. The molecule has 0 spiro atoms. The van der Waals surface area contributed by atoms with Crippen LogP contribution >= 0.6 is 0 Å². The molecule has 1 unspecified atom stereocenters. The summed E-state index contributed by atoms with van der Waals surface area (Å²) in [5, 5.41) is 3.12. The predicted octanol–water partition coefficient (Wildman–Crippen LogP) is 4.33. The van der Waals surface area contributed by atoms with E-state index in [1.165, 1.54) is 25.0 Å². The number of carbonyl (C=O) groups is 1. The Morgan fingerprint density at radius 2 is 1.93 bits per heavy atom. The molecule has 1 fully saturated rings. The third-order valence-corrected chi connectivity index (χ3v) is 5.67. The summed E-state index contributed by atoms with van der Waals surface area (Å²) in [4.78, 5) is 15.0. The fourth-order valence-corrected chi connectivity index (χ4v) is 4.07. The third kappa shape index (κ3) is 6.62. The molecular weight excluding hydrogens is 393 g/mol. The minimum absolute atomic E-state index is 0.00260. The van der Waals surface area contributed by atoms with Crippen molar-refractivity contribution in [1.29, 1.82) is 0 Å². The molecule has 0 saturated carbocycles. The number of rotatable bonds is 8. The van der Waals surface area contributed by atoms with Gasteiger partial charge < -0.3 is 15.0 Å². The molecule has 0 bridgehead atoms. The number of likely N-dealkylation sites (tertiary alicyclic amines) is 1. The minimum Gasteiger partial charge on any atom is -0.497 e. The van der Waals surface area contributed by atoms with Gasteiger partial charge in [-0.3, -0.25) is 4.79 Å². The number of ether oxygens (including phenoxy) is 1. The molecule has 1 aromatic carbocycles. The Kier molecular flexibility index (Phi) is 7.58. The van der Waals surface area contributed by atoms with Crippen molar-refractivity contribution in [1.82, 2.24) is 10.2 Å². The van der Waals surface area contributed by atoms with Gasteiger partial charge in [0, 0.05) is 12.6 Å². The third-order valence-electron chi connectivity index (χ3n) is 5.67. The molecule has 2 atom stereocenters. The summed E-state index contributed by atoms with van der Waals surface area (Å²) < 4.78 is 43.4. The molecule has 3 rings (SSSR count). The van der Waals surface area contributed by atoms with Gasteiger partial charge in [0.1, 0.15) is 5.76 Å². The first kappa shape index (κ1) is 22.4. The average Bonchev–Trinajstić information content (AvgIpc) is 3.21. The number of methoxy groups -OCH3 is 1. The highest BCUT2D eigenvalue weighted by molar-refractivity contribution is 5.78. The van der Waals surface area contributed by atoms with Crippen LogP contribution in [-0.4, -0.2) is 43.6 Å². The minimum atomic E-state index is -4.37. The van der Waals surface area contributed by atoms with Gasteiger partial charge in [0.05, 0.1) is 19.1 Å². The molecule has 7 heteroatoms. The molecule has 30 heavy (non-hydrogen) atoms. The van der Waals surface area contributed by atoms with Gasteiger partial charge in [0.15, 0.2) is 0 Å². The summed E-state index contributed by atoms with van der Waals surface area (Å²) in [6, 6.07) is 4.79. The van der Waals surface area contributed by atoms with Crippen molar-refractivity contribution in [3.8, 4) is 0 Å². The Bertz CT molecular complexity index is 766. The van der Waals surface area contributed by atoms with Crippen LogP contribution in [0.4, 0.5) is 13.2 Å². The zero-order valence-corrected chi connectivity index (χ0v) is 17.3. The fraction of sp³-hybridized carbons (Fsp3) is 0.522. The lowest BCUT2D eigenvalue weighted by Crippen LogP contribution is -2.44. The summed E-state index contributed by atoms with van der Waals surface area (Å²) in [6.45, 7) is 2.88. The van der Waals surface area contributed by atoms with E-state index >= 15 is 0 Å². The van der Waals surface area contributed by atoms with Crippen LogP contribution in [-0.2, 0) is 22.1 Å². The van der Waals surface area contributed by atoms with E-state index in [1.807, 2.05) is 6.08 Å². The summed E-state index contributed by atoms with van der Waals surface area (Å²) in [5.74, 6) is 1.02. The molecular formula is C23H29F3N2O2. The first-order valence-electron chi connectivity index (χ1n) is 10.4. The molecule has 2 aliphatic rings. The van der Waals surface area contributed by atoms with E-state index in [2.05, 4.69) is 22.4 Å². The normalized spacial score (nSPS) is 20.7. The maximum Gasteiger partial charge on any atom is 0.416 e. The molecule has 0 radical (unpaired) electrons. The Morgan fingerprint density at radius 3 is 2.50 bits per heavy atom. The number of alkyl halides is 3. The van der Waals surface area contributed by atoms with Crippen molar-refractivity contribution in [2.24, 2.45) is 5.92 Å². The smallest absolute Gasteiger partial charge is 0.416 e. The first-order valence-corrected chi connectivity index (χ1v) is 10.4. The Morgan fingerprint density at radius 1 is 1.23 bits per heavy atom. The molecule has 4 nitrogen and oxygen atoms in total. The highest BCUT2D eigenvalue weighted by Crippen LogP contribution is 2.29. The molecule has 1 aliphatic heterocycles. The SMILES string of the molecule is COC1=CCC(C[C@@H](CN2CCCC2)NC(=O)Cc2ccc(C(F)(F)F)cc2)C=C1. The van der Waals surface area contributed by atoms with Crippen molar-refractivity contribution >= 4 is 5.91 Å². The summed E-state index contributed by atoms with van der Waals surface area (Å²) >= 11 is 0. The van der Waals surface area contributed by atoms with Gasteiger partial charge in [-0.1, -0.05) is 18.2 Å². The number of nitrogens with zero attached hydrogens (tertiary/aromatic N) is 1. The Balaban J connectivity index is 1.58. The van der Waals surface area contributed by atoms with Crippen LogP contribution in [0.25, 0.3) is 0 Å². The largest absolute Gasteiger partial charge is 0.497 e. The van der Waals surface area contributed by atoms with Crippen LogP contribution in [0.2, 0.25) is 0 Å². The Hall–Kier alpha value is -2.28. The zero-order chi connectivity index (χ0) is 21.6. The van der Waals surface area contributed by atoms with Crippen LogP contribution in [0.1, 0.15) is 36.8 Å². The van der Waals surface area contributed by atoms with Crippen molar-refractivity contribution in [3.63, 3.8) is 0 Å². The molecule has 1 saturated heterocycles. The summed E-state index contributed by atoms with van der Waals surface area (Å²) in [7, 11) is 1.65. The van der Waals surface area contributed by atoms with E-state index in [0.717, 1.165) is 50.4 Å². The zero-order valence-electron chi connectivity index (χ0n) is 17.3. The molecule has 1 aromatic rings. The maximum absolute atomic E-state index is 12.7. The van der Waals surface area contributed by atoms with Gasteiger partial charge in [-0.2, -0.15) is 13.2 Å². The average molecular weight is 422 g/mol. The number of allylic oxidation sites excluding steroid dienone is 3. The van der Waals surface area contributed by atoms with E-state index < -0.39 is 11.7 Å². The first-order chi connectivity index (χ1) is 14.3. The molecule has 164 valence electrons. The van der Waals surface area contributed by atoms with Gasteiger partial charge in [-0.15, -0.1) is 0 Å². The molecule has 1 amide bonds.